The molecular formula is C21H22Cl2N2O5. The van der Waals surface area contributed by atoms with Gasteiger partial charge in [0, 0.05) is 12.1 Å². The summed E-state index contributed by atoms with van der Waals surface area (Å²) in [6.07, 6.45) is 1.68. The highest BCUT2D eigenvalue weighted by Gasteiger charge is 2.32. The van der Waals surface area contributed by atoms with Crippen molar-refractivity contribution >= 4 is 35.0 Å². The first kappa shape index (κ1) is 22.1. The predicted molar refractivity (Wildman–Crippen MR) is 114 cm³/mol. The van der Waals surface area contributed by atoms with Gasteiger partial charge in [-0.15, -0.1) is 0 Å². The monoisotopic (exact) mass is 452 g/mol. The number of carbonyl (C=O) groups excluding carboxylic acids is 2. The largest absolute Gasteiger partial charge is 0.493 e. The number of primary amides is 1. The van der Waals surface area contributed by atoms with Crippen molar-refractivity contribution in [3.63, 3.8) is 0 Å². The van der Waals surface area contributed by atoms with Crippen molar-refractivity contribution in [2.24, 2.45) is 5.73 Å². The molecule has 0 radical (unpaired) electrons. The minimum atomic E-state index is -0.638. The van der Waals surface area contributed by atoms with Gasteiger partial charge in [0.15, 0.2) is 18.1 Å². The van der Waals surface area contributed by atoms with Crippen molar-refractivity contribution in [2.75, 3.05) is 27.4 Å². The second-order valence-electron chi connectivity index (χ2n) is 6.79. The first-order valence-electron chi connectivity index (χ1n) is 9.28. The highest BCUT2D eigenvalue weighted by molar-refractivity contribution is 6.42. The Bertz CT molecular complexity index is 941. The van der Waals surface area contributed by atoms with Gasteiger partial charge in [-0.1, -0.05) is 29.3 Å². The summed E-state index contributed by atoms with van der Waals surface area (Å²) in [7, 11) is 2.88. The van der Waals surface area contributed by atoms with E-state index in [0.29, 0.717) is 22.2 Å². The van der Waals surface area contributed by atoms with Crippen LogP contribution in [-0.4, -0.2) is 44.1 Å². The standard InChI is InChI=1S/C21H22Cl2N2O5/c1-28-17-9-13(10-18(29-2)20(17)30-11-19(24)26)21(27)25-7-3-4-16(25)12-5-6-14(22)15(23)8-12/h5-6,8-10,16H,3-4,7,11H2,1-2H3,(H2,24,26). The van der Waals surface area contributed by atoms with Gasteiger partial charge in [0.2, 0.25) is 5.75 Å². The fraction of sp³-hybridized carbons (Fsp3) is 0.333. The van der Waals surface area contributed by atoms with Crippen LogP contribution in [0, 0.1) is 0 Å². The molecule has 0 saturated carbocycles. The minimum Gasteiger partial charge on any atom is -0.493 e. The fourth-order valence-electron chi connectivity index (χ4n) is 3.53. The second kappa shape index (κ2) is 9.45. The van der Waals surface area contributed by atoms with Gasteiger partial charge >= 0.3 is 0 Å². The quantitative estimate of drug-likeness (QED) is 0.688. The van der Waals surface area contributed by atoms with E-state index in [4.69, 9.17) is 43.1 Å². The fourth-order valence-corrected chi connectivity index (χ4v) is 3.84. The molecule has 2 aromatic carbocycles. The Morgan fingerprint density at radius 1 is 1.10 bits per heavy atom. The van der Waals surface area contributed by atoms with Crippen molar-refractivity contribution in [1.29, 1.82) is 0 Å². The maximum absolute atomic E-state index is 13.3. The molecule has 1 saturated heterocycles. The SMILES string of the molecule is COc1cc(C(=O)N2CCCC2c2ccc(Cl)c(Cl)c2)cc(OC)c1OCC(N)=O. The molecule has 30 heavy (non-hydrogen) atoms. The van der Waals surface area contributed by atoms with Gasteiger partial charge in [0.1, 0.15) is 0 Å². The van der Waals surface area contributed by atoms with Crippen molar-refractivity contribution in [2.45, 2.75) is 18.9 Å². The van der Waals surface area contributed by atoms with E-state index < -0.39 is 5.91 Å². The minimum absolute atomic E-state index is 0.116. The van der Waals surface area contributed by atoms with Gasteiger partial charge in [-0.25, -0.2) is 0 Å². The summed E-state index contributed by atoms with van der Waals surface area (Å²) in [4.78, 5) is 26.2. The van der Waals surface area contributed by atoms with Crippen LogP contribution < -0.4 is 19.9 Å². The summed E-state index contributed by atoms with van der Waals surface area (Å²) < 4.78 is 16.1. The number of hydrogen-bond acceptors (Lipinski definition) is 5. The van der Waals surface area contributed by atoms with Gasteiger partial charge in [0.05, 0.1) is 30.3 Å². The molecule has 0 bridgehead atoms. The first-order valence-corrected chi connectivity index (χ1v) is 10.0. The molecule has 9 heteroatoms. The van der Waals surface area contributed by atoms with Crippen molar-refractivity contribution in [3.05, 3.63) is 51.5 Å². The molecule has 1 aliphatic rings. The number of benzene rings is 2. The number of nitrogens with two attached hydrogens (primary N) is 1. The smallest absolute Gasteiger partial charge is 0.255 e. The Kier molecular flexibility index (Phi) is 6.95. The van der Waals surface area contributed by atoms with Gasteiger partial charge in [-0.3, -0.25) is 9.59 Å². The lowest BCUT2D eigenvalue weighted by molar-refractivity contribution is -0.120. The number of ether oxygens (including phenoxy) is 3. The summed E-state index contributed by atoms with van der Waals surface area (Å²) in [5, 5.41) is 0.921. The molecule has 1 aliphatic heterocycles. The van der Waals surface area contributed by atoms with Crippen LogP contribution in [0.25, 0.3) is 0 Å². The summed E-state index contributed by atoms with van der Waals surface area (Å²) in [5.41, 5.74) is 6.45. The third-order valence-corrected chi connectivity index (χ3v) is 5.65. The number of nitrogens with zero attached hydrogens (tertiary/aromatic N) is 1. The number of halogens is 2. The Hall–Kier alpha value is -2.64. The molecular weight excluding hydrogens is 431 g/mol. The normalized spacial score (nSPS) is 15.7. The molecule has 1 heterocycles. The van der Waals surface area contributed by atoms with Crippen LogP contribution in [0.5, 0.6) is 17.2 Å². The average molecular weight is 453 g/mol. The Morgan fingerprint density at radius 3 is 2.33 bits per heavy atom. The summed E-state index contributed by atoms with van der Waals surface area (Å²) in [6, 6.07) is 8.41. The summed E-state index contributed by atoms with van der Waals surface area (Å²) >= 11 is 12.2. The van der Waals surface area contributed by atoms with Crippen LogP contribution >= 0.6 is 23.2 Å². The molecule has 0 aliphatic carbocycles. The molecule has 160 valence electrons. The molecule has 1 unspecified atom stereocenters. The van der Waals surface area contributed by atoms with E-state index in [1.54, 1.807) is 29.2 Å². The molecule has 1 fully saturated rings. The van der Waals surface area contributed by atoms with E-state index in [0.717, 1.165) is 18.4 Å². The number of carbonyl (C=O) groups is 2. The van der Waals surface area contributed by atoms with Crippen LogP contribution in [0.15, 0.2) is 30.3 Å². The number of amides is 2. The maximum atomic E-state index is 13.3. The molecule has 2 amide bonds. The molecule has 7 nitrogen and oxygen atoms in total. The Labute approximate surface area is 184 Å². The lowest BCUT2D eigenvalue weighted by atomic mass is 10.0. The van der Waals surface area contributed by atoms with E-state index in [9.17, 15) is 9.59 Å². The highest BCUT2D eigenvalue weighted by Crippen LogP contribution is 2.41. The zero-order valence-electron chi connectivity index (χ0n) is 16.6. The number of hydrogen-bond donors (Lipinski definition) is 1. The number of likely N-dealkylation sites (tertiary alicyclic amines) is 1. The van der Waals surface area contributed by atoms with Crippen LogP contribution in [0.3, 0.4) is 0 Å². The van der Waals surface area contributed by atoms with E-state index >= 15 is 0 Å². The number of methoxy groups -OCH3 is 2. The van der Waals surface area contributed by atoms with Crippen molar-refractivity contribution < 1.29 is 23.8 Å². The van der Waals surface area contributed by atoms with Crippen molar-refractivity contribution in [1.82, 2.24) is 4.90 Å². The number of rotatable bonds is 7. The third-order valence-electron chi connectivity index (χ3n) is 4.91. The van der Waals surface area contributed by atoms with Gasteiger partial charge in [-0.05, 0) is 42.7 Å². The molecule has 0 aromatic heterocycles. The zero-order valence-corrected chi connectivity index (χ0v) is 18.1. The molecule has 2 aromatic rings. The summed E-state index contributed by atoms with van der Waals surface area (Å²) in [5.74, 6) is -0.0753. The lowest BCUT2D eigenvalue weighted by Gasteiger charge is -2.26. The maximum Gasteiger partial charge on any atom is 0.255 e. The molecule has 3 rings (SSSR count). The zero-order chi connectivity index (χ0) is 21.8. The van der Waals surface area contributed by atoms with Crippen molar-refractivity contribution in [3.8, 4) is 17.2 Å². The van der Waals surface area contributed by atoms with E-state index in [1.807, 2.05) is 6.07 Å². The van der Waals surface area contributed by atoms with Crippen LogP contribution in [0.4, 0.5) is 0 Å². The van der Waals surface area contributed by atoms with Crippen LogP contribution in [0.2, 0.25) is 10.0 Å². The third kappa shape index (κ3) is 4.57. The van der Waals surface area contributed by atoms with E-state index in [-0.39, 0.29) is 35.8 Å². The van der Waals surface area contributed by atoms with Gasteiger partial charge in [0.25, 0.3) is 11.8 Å². The topological polar surface area (TPSA) is 91.1 Å². The average Bonchev–Trinajstić information content (AvgIpc) is 3.22. The predicted octanol–water partition coefficient (Wildman–Crippen LogP) is 3.85. The second-order valence-corrected chi connectivity index (χ2v) is 7.61. The first-order chi connectivity index (χ1) is 14.3. The summed E-state index contributed by atoms with van der Waals surface area (Å²) in [6.45, 7) is 0.264. The molecule has 1 atom stereocenters. The van der Waals surface area contributed by atoms with E-state index in [2.05, 4.69) is 0 Å². The Balaban J connectivity index is 1.93. The van der Waals surface area contributed by atoms with Crippen LogP contribution in [-0.2, 0) is 4.79 Å². The van der Waals surface area contributed by atoms with E-state index in [1.165, 1.54) is 14.2 Å². The van der Waals surface area contributed by atoms with Gasteiger partial charge < -0.3 is 24.8 Å². The lowest BCUT2D eigenvalue weighted by Crippen LogP contribution is -2.30. The van der Waals surface area contributed by atoms with Gasteiger partial charge in [-0.2, -0.15) is 0 Å². The molecule has 0 spiro atoms. The molecule has 2 N–H and O–H groups in total. The van der Waals surface area contributed by atoms with Crippen LogP contribution in [0.1, 0.15) is 34.8 Å². The Morgan fingerprint density at radius 2 is 1.77 bits per heavy atom. The highest BCUT2D eigenvalue weighted by atomic mass is 35.5.